The van der Waals surface area contributed by atoms with E-state index < -0.39 is 0 Å². The number of nitrogens with two attached hydrogens (primary N) is 2. The van der Waals surface area contributed by atoms with Crippen molar-refractivity contribution in [2.24, 2.45) is 16.5 Å². The van der Waals surface area contributed by atoms with Crippen molar-refractivity contribution in [3.05, 3.63) is 0 Å². The highest BCUT2D eigenvalue weighted by molar-refractivity contribution is 5.23. The van der Waals surface area contributed by atoms with E-state index >= 15 is 0 Å². The minimum absolute atomic E-state index is 0.678. The molecule has 0 radical (unpaired) electrons. The van der Waals surface area contributed by atoms with E-state index in [-0.39, 0.29) is 0 Å². The summed E-state index contributed by atoms with van der Waals surface area (Å²) in [6.07, 6.45) is 0. The van der Waals surface area contributed by atoms with E-state index in [0.717, 1.165) is 26.2 Å². The Morgan fingerprint density at radius 2 is 1.64 bits per heavy atom. The van der Waals surface area contributed by atoms with Crippen LogP contribution in [0, 0.1) is 0 Å². The number of hydrogen-bond donors (Lipinski definition) is 2. The van der Waals surface area contributed by atoms with Gasteiger partial charge >= 0.3 is 0 Å². The monoisotopic (exact) mass is 158 g/mol. The molecule has 0 aromatic heterocycles. The van der Waals surface area contributed by atoms with Gasteiger partial charge in [0.05, 0.1) is 6.54 Å². The van der Waals surface area contributed by atoms with Crippen molar-refractivity contribution in [2.45, 2.75) is 0 Å². The summed E-state index contributed by atoms with van der Waals surface area (Å²) in [5, 5.41) is 0. The van der Waals surface area contributed by atoms with Gasteiger partial charge in [0.25, 0.3) is 0 Å². The van der Waals surface area contributed by atoms with Crippen molar-refractivity contribution in [3.63, 3.8) is 0 Å². The highest BCUT2D eigenvalue weighted by Crippen LogP contribution is 1.84. The van der Waals surface area contributed by atoms with Gasteiger partial charge in [0.1, 0.15) is 0 Å². The van der Waals surface area contributed by atoms with Gasteiger partial charge in [-0.15, -0.1) is 0 Å². The summed E-state index contributed by atoms with van der Waals surface area (Å²) in [6.45, 7) is 8.24. The molecule has 66 valence electrons. The zero-order valence-corrected chi connectivity index (χ0v) is 7.00. The number of aliphatic imine (C=N–C) groups is 1. The fourth-order valence-electron chi connectivity index (χ4n) is 0.913. The van der Waals surface area contributed by atoms with Crippen molar-refractivity contribution < 1.29 is 0 Å². The average molecular weight is 158 g/mol. The Balaban J connectivity index is 3.41. The topological polar surface area (TPSA) is 67.6 Å². The summed E-state index contributed by atoms with van der Waals surface area (Å²) in [4.78, 5) is 5.96. The molecule has 0 aromatic carbocycles. The Kier molecular flexibility index (Phi) is 7.34. The summed E-state index contributed by atoms with van der Waals surface area (Å²) in [5.41, 5.74) is 10.8. The molecule has 4 N–H and O–H groups in total. The maximum Gasteiger partial charge on any atom is 0.0509 e. The first kappa shape index (κ1) is 10.6. The molecule has 0 aliphatic rings. The van der Waals surface area contributed by atoms with E-state index in [1.54, 1.807) is 0 Å². The SMILES string of the molecule is C=NCCN(CCN)CCN. The summed E-state index contributed by atoms with van der Waals surface area (Å²) >= 11 is 0. The molecule has 4 nitrogen and oxygen atoms in total. The van der Waals surface area contributed by atoms with Crippen LogP contribution in [0.15, 0.2) is 4.99 Å². The Morgan fingerprint density at radius 1 is 1.09 bits per heavy atom. The molecule has 0 aliphatic heterocycles. The van der Waals surface area contributed by atoms with Gasteiger partial charge in [-0.05, 0) is 6.72 Å². The minimum Gasteiger partial charge on any atom is -0.329 e. The molecule has 4 heteroatoms. The normalized spacial score (nSPS) is 10.5. The van der Waals surface area contributed by atoms with E-state index in [4.69, 9.17) is 11.5 Å². The first-order chi connectivity index (χ1) is 5.35. The van der Waals surface area contributed by atoms with E-state index in [1.165, 1.54) is 0 Å². The van der Waals surface area contributed by atoms with Gasteiger partial charge in [-0.2, -0.15) is 0 Å². The molecule has 0 fully saturated rings. The van der Waals surface area contributed by atoms with Crippen molar-refractivity contribution in [3.8, 4) is 0 Å². The highest BCUT2D eigenvalue weighted by Gasteiger charge is 1.99. The average Bonchev–Trinajstić information content (AvgIpc) is 2.01. The predicted molar refractivity (Wildman–Crippen MR) is 49.0 cm³/mol. The summed E-state index contributed by atoms with van der Waals surface area (Å²) in [7, 11) is 0. The van der Waals surface area contributed by atoms with Gasteiger partial charge in [-0.25, -0.2) is 0 Å². The molecule has 11 heavy (non-hydrogen) atoms. The fraction of sp³-hybridized carbons (Fsp3) is 0.857. The lowest BCUT2D eigenvalue weighted by molar-refractivity contribution is 0.297. The Morgan fingerprint density at radius 3 is 2.00 bits per heavy atom. The molecular weight excluding hydrogens is 140 g/mol. The van der Waals surface area contributed by atoms with Crippen LogP contribution in [0.2, 0.25) is 0 Å². The van der Waals surface area contributed by atoms with Crippen molar-refractivity contribution >= 4 is 6.72 Å². The fourth-order valence-corrected chi connectivity index (χ4v) is 0.913. The maximum atomic E-state index is 5.40. The molecule has 0 atom stereocenters. The molecule has 0 aliphatic carbocycles. The molecule has 0 spiro atoms. The van der Waals surface area contributed by atoms with Gasteiger partial charge in [-0.1, -0.05) is 0 Å². The highest BCUT2D eigenvalue weighted by atomic mass is 15.1. The molecular formula is C7H18N4. The van der Waals surface area contributed by atoms with Crippen LogP contribution in [0.25, 0.3) is 0 Å². The maximum absolute atomic E-state index is 5.40. The lowest BCUT2D eigenvalue weighted by Crippen LogP contribution is -2.35. The standard InChI is InChI=1S/C7H18N4/c1-10-4-7-11(5-2-8)6-3-9/h1-9H2. The zero-order chi connectivity index (χ0) is 8.53. The van der Waals surface area contributed by atoms with Crippen molar-refractivity contribution in [1.82, 2.24) is 4.90 Å². The summed E-state index contributed by atoms with van der Waals surface area (Å²) in [5.74, 6) is 0. The molecule has 0 bridgehead atoms. The molecule has 0 rings (SSSR count). The van der Waals surface area contributed by atoms with Gasteiger partial charge in [0.2, 0.25) is 0 Å². The van der Waals surface area contributed by atoms with Crippen LogP contribution in [0.3, 0.4) is 0 Å². The summed E-state index contributed by atoms with van der Waals surface area (Å²) in [6, 6.07) is 0. The van der Waals surface area contributed by atoms with E-state index in [0.29, 0.717) is 13.1 Å². The number of nitrogens with zero attached hydrogens (tertiary/aromatic N) is 2. The second kappa shape index (κ2) is 7.65. The Hall–Kier alpha value is -0.450. The quantitative estimate of drug-likeness (QED) is 0.462. The van der Waals surface area contributed by atoms with Gasteiger partial charge < -0.3 is 11.5 Å². The lowest BCUT2D eigenvalue weighted by atomic mass is 10.4. The van der Waals surface area contributed by atoms with Crippen LogP contribution in [-0.4, -0.2) is 50.9 Å². The van der Waals surface area contributed by atoms with Crippen LogP contribution < -0.4 is 11.5 Å². The number of rotatable bonds is 7. The Labute approximate surface area is 68.3 Å². The van der Waals surface area contributed by atoms with Crippen LogP contribution >= 0.6 is 0 Å². The zero-order valence-electron chi connectivity index (χ0n) is 7.00. The smallest absolute Gasteiger partial charge is 0.0509 e. The third-order valence-electron chi connectivity index (χ3n) is 1.46. The first-order valence-electron chi connectivity index (χ1n) is 3.90. The summed E-state index contributed by atoms with van der Waals surface area (Å²) < 4.78 is 0. The molecule has 0 aromatic rings. The van der Waals surface area contributed by atoms with Crippen molar-refractivity contribution in [2.75, 3.05) is 39.3 Å². The third-order valence-corrected chi connectivity index (χ3v) is 1.46. The second-order valence-corrected chi connectivity index (χ2v) is 2.37. The van der Waals surface area contributed by atoms with Gasteiger partial charge in [0.15, 0.2) is 0 Å². The largest absolute Gasteiger partial charge is 0.329 e. The van der Waals surface area contributed by atoms with Gasteiger partial charge in [0, 0.05) is 32.7 Å². The van der Waals surface area contributed by atoms with Crippen LogP contribution in [0.5, 0.6) is 0 Å². The molecule has 0 unspecified atom stereocenters. The first-order valence-corrected chi connectivity index (χ1v) is 3.90. The Bertz CT molecular complexity index is 88.4. The molecule has 0 amide bonds. The third kappa shape index (κ3) is 5.97. The van der Waals surface area contributed by atoms with Crippen LogP contribution in [-0.2, 0) is 0 Å². The molecule has 0 saturated heterocycles. The van der Waals surface area contributed by atoms with Gasteiger partial charge in [-0.3, -0.25) is 9.89 Å². The van der Waals surface area contributed by atoms with E-state index in [2.05, 4.69) is 16.6 Å². The van der Waals surface area contributed by atoms with E-state index in [9.17, 15) is 0 Å². The van der Waals surface area contributed by atoms with Crippen molar-refractivity contribution in [1.29, 1.82) is 0 Å². The molecule has 0 saturated carbocycles. The number of hydrogen-bond acceptors (Lipinski definition) is 4. The molecule has 0 heterocycles. The van der Waals surface area contributed by atoms with Crippen LogP contribution in [0.1, 0.15) is 0 Å². The predicted octanol–water partition coefficient (Wildman–Crippen LogP) is -1.09. The van der Waals surface area contributed by atoms with E-state index in [1.807, 2.05) is 0 Å². The second-order valence-electron chi connectivity index (χ2n) is 2.37. The lowest BCUT2D eigenvalue weighted by Gasteiger charge is -2.18. The minimum atomic E-state index is 0.678. The van der Waals surface area contributed by atoms with Crippen LogP contribution in [0.4, 0.5) is 0 Å².